The molecule has 5 rings (SSSR count). The van der Waals surface area contributed by atoms with Gasteiger partial charge >= 0.3 is 0 Å². The summed E-state index contributed by atoms with van der Waals surface area (Å²) in [4.78, 5) is 11.1. The number of hydrogen-bond acceptors (Lipinski definition) is 6. The molecule has 0 spiro atoms. The highest BCUT2D eigenvalue weighted by Crippen LogP contribution is 2.46. The number of aryl methyl sites for hydroxylation is 2. The van der Waals surface area contributed by atoms with E-state index in [2.05, 4.69) is 88.7 Å². The number of benzene rings is 2. The maximum absolute atomic E-state index is 10.5. The molecule has 5 nitrogen and oxygen atoms in total. The zero-order valence-corrected chi connectivity index (χ0v) is 27.6. The van der Waals surface area contributed by atoms with Crippen molar-refractivity contribution < 1.29 is 9.84 Å². The Kier molecular flexibility index (Phi) is 8.97. The van der Waals surface area contributed by atoms with E-state index in [9.17, 15) is 5.11 Å². The smallest absolute Gasteiger partial charge is 0.237 e. The van der Waals surface area contributed by atoms with Gasteiger partial charge < -0.3 is 9.84 Å². The molecule has 1 saturated carbocycles. The van der Waals surface area contributed by atoms with Crippen molar-refractivity contribution in [1.29, 1.82) is 0 Å². The van der Waals surface area contributed by atoms with Crippen LogP contribution in [-0.4, -0.2) is 27.3 Å². The van der Waals surface area contributed by atoms with E-state index >= 15 is 0 Å². The van der Waals surface area contributed by atoms with Crippen LogP contribution in [0.1, 0.15) is 94.9 Å². The van der Waals surface area contributed by atoms with Gasteiger partial charge in [-0.15, -0.1) is 0 Å². The average Bonchev–Trinajstić information content (AvgIpc) is 2.86. The highest BCUT2D eigenvalue weighted by Gasteiger charge is 2.39. The van der Waals surface area contributed by atoms with E-state index in [1.165, 1.54) is 28.0 Å². The minimum absolute atomic E-state index is 0.162. The molecule has 3 aromatic rings. The normalized spacial score (nSPS) is 22.7. The second-order valence-corrected chi connectivity index (χ2v) is 15.5. The van der Waals surface area contributed by atoms with E-state index in [1.807, 2.05) is 13.8 Å². The monoisotopic (exact) mass is 587 g/mol. The van der Waals surface area contributed by atoms with Crippen molar-refractivity contribution in [3.05, 3.63) is 64.7 Å². The summed E-state index contributed by atoms with van der Waals surface area (Å²) in [7, 11) is 0. The van der Waals surface area contributed by atoms with E-state index < -0.39 is 5.60 Å². The molecule has 42 heavy (non-hydrogen) atoms. The number of rotatable bonds is 6. The van der Waals surface area contributed by atoms with Crippen molar-refractivity contribution in [2.75, 3.05) is 11.3 Å². The number of aliphatic hydroxyl groups is 1. The predicted octanol–water partition coefficient (Wildman–Crippen LogP) is 9.29. The lowest BCUT2D eigenvalue weighted by molar-refractivity contribution is -0.0455. The minimum Gasteiger partial charge on any atom is -0.477 e. The summed E-state index contributed by atoms with van der Waals surface area (Å²) in [5.74, 6) is 3.05. The van der Waals surface area contributed by atoms with Crippen LogP contribution in [-0.2, 0) is 0 Å². The summed E-state index contributed by atoms with van der Waals surface area (Å²) in [5.41, 5.74) is 6.43. The fourth-order valence-corrected chi connectivity index (χ4v) is 7.60. The molecular formula is C36H49N3O2S. The van der Waals surface area contributed by atoms with Crippen LogP contribution in [0.15, 0.2) is 47.4 Å². The maximum Gasteiger partial charge on any atom is 0.237 e. The molecule has 1 aliphatic heterocycles. The van der Waals surface area contributed by atoms with E-state index in [0.29, 0.717) is 42.1 Å². The topological polar surface area (TPSA) is 67.3 Å². The zero-order valence-electron chi connectivity index (χ0n) is 26.8. The van der Waals surface area contributed by atoms with Gasteiger partial charge in [-0.2, -0.15) is 4.98 Å². The Morgan fingerprint density at radius 3 is 2.31 bits per heavy atom. The van der Waals surface area contributed by atoms with Crippen LogP contribution in [0.2, 0.25) is 0 Å². The highest BCUT2D eigenvalue weighted by atomic mass is 32.2. The van der Waals surface area contributed by atoms with Crippen molar-refractivity contribution in [3.63, 3.8) is 0 Å². The van der Waals surface area contributed by atoms with E-state index in [-0.39, 0.29) is 5.41 Å². The number of nitrogens with zero attached hydrogens (tertiary/aromatic N) is 2. The first kappa shape index (κ1) is 30.9. The number of nitrogens with one attached hydrogen (secondary N) is 1. The molecule has 2 heterocycles. The summed E-state index contributed by atoms with van der Waals surface area (Å²) in [6.07, 6.45) is 5.61. The third kappa shape index (κ3) is 7.14. The van der Waals surface area contributed by atoms with Crippen LogP contribution >= 0.6 is 11.9 Å². The molecule has 226 valence electrons. The van der Waals surface area contributed by atoms with Crippen molar-refractivity contribution in [1.82, 2.24) is 9.97 Å². The lowest BCUT2D eigenvalue weighted by Gasteiger charge is -2.43. The van der Waals surface area contributed by atoms with Gasteiger partial charge in [-0.25, -0.2) is 4.98 Å². The zero-order chi connectivity index (χ0) is 30.2. The van der Waals surface area contributed by atoms with Crippen molar-refractivity contribution in [2.45, 2.75) is 104 Å². The molecule has 0 amide bonds. The van der Waals surface area contributed by atoms with Crippen molar-refractivity contribution >= 4 is 17.9 Å². The second-order valence-electron chi connectivity index (χ2n) is 14.6. The lowest BCUT2D eigenvalue weighted by Crippen LogP contribution is -2.40. The minimum atomic E-state index is -0.575. The molecule has 1 fully saturated rings. The highest BCUT2D eigenvalue weighted by molar-refractivity contribution is 8.00. The first-order valence-corrected chi connectivity index (χ1v) is 16.4. The van der Waals surface area contributed by atoms with Gasteiger partial charge in [0.2, 0.25) is 11.8 Å². The molecule has 4 bridgehead atoms. The molecule has 6 heteroatoms. The van der Waals surface area contributed by atoms with Gasteiger partial charge in [0, 0.05) is 21.9 Å². The third-order valence-electron chi connectivity index (χ3n) is 9.36. The van der Waals surface area contributed by atoms with Gasteiger partial charge in [0.05, 0.1) is 17.9 Å². The largest absolute Gasteiger partial charge is 0.477 e. The molecule has 2 unspecified atom stereocenters. The number of hydrogen-bond donors (Lipinski definition) is 2. The maximum atomic E-state index is 10.5. The molecule has 2 atom stereocenters. The van der Waals surface area contributed by atoms with Crippen LogP contribution in [0.3, 0.4) is 0 Å². The molecule has 2 aromatic carbocycles. The summed E-state index contributed by atoms with van der Waals surface area (Å²) in [6.45, 7) is 17.9. The number of fused-ring (bicyclic) bond motifs is 4. The Morgan fingerprint density at radius 1 is 0.952 bits per heavy atom. The average molecular weight is 588 g/mol. The van der Waals surface area contributed by atoms with Crippen LogP contribution in [0, 0.1) is 43.9 Å². The summed E-state index contributed by atoms with van der Waals surface area (Å²) >= 11 is 1.57. The number of ether oxygens (including phenoxy) is 1. The summed E-state index contributed by atoms with van der Waals surface area (Å²) < 4.78 is 10.2. The summed E-state index contributed by atoms with van der Waals surface area (Å²) in [5, 5.41) is 10.5. The first-order chi connectivity index (χ1) is 19.8. The quantitative estimate of drug-likeness (QED) is 0.280. The summed E-state index contributed by atoms with van der Waals surface area (Å²) in [6, 6.07) is 15.4. The van der Waals surface area contributed by atoms with E-state index in [4.69, 9.17) is 14.7 Å². The molecule has 1 aliphatic carbocycles. The van der Waals surface area contributed by atoms with Crippen molar-refractivity contribution in [3.8, 4) is 17.1 Å². The molecular weight excluding hydrogens is 538 g/mol. The Hall–Kier alpha value is -2.57. The van der Waals surface area contributed by atoms with Gasteiger partial charge in [0.25, 0.3) is 0 Å². The van der Waals surface area contributed by atoms with Crippen LogP contribution in [0.4, 0.5) is 5.95 Å². The van der Waals surface area contributed by atoms with Gasteiger partial charge in [0.15, 0.2) is 0 Å². The van der Waals surface area contributed by atoms with Gasteiger partial charge in [-0.1, -0.05) is 51.1 Å². The molecule has 0 radical (unpaired) electrons. The predicted molar refractivity (Wildman–Crippen MR) is 175 cm³/mol. The Bertz CT molecular complexity index is 1380. The fraction of sp³-hybridized carbons (Fsp3) is 0.556. The second kappa shape index (κ2) is 12.2. The Balaban J connectivity index is 1.50. The fourth-order valence-electron chi connectivity index (χ4n) is 6.95. The van der Waals surface area contributed by atoms with Gasteiger partial charge in [-0.05, 0) is 131 Å². The third-order valence-corrected chi connectivity index (χ3v) is 10.1. The van der Waals surface area contributed by atoms with Crippen LogP contribution < -0.4 is 9.46 Å². The number of aromatic nitrogens is 2. The number of anilines is 1. The standard InChI is InChI=1S/C36H49N3O2S/c1-22-11-9-12-23(2)31(22)32-24(3)33-38-34(37-32)39-42-29-14-10-13-26(19-29)30(27(21-41-33)20-35(4,5)6)16-15-25-17-28(18-25)36(7,8)40/h9-14,19,25,27-28,30,40H,15-18,20-21H2,1-8H3,(H,37,38,39). The lowest BCUT2D eigenvalue weighted by atomic mass is 9.65. The van der Waals surface area contributed by atoms with Gasteiger partial charge in [-0.3, -0.25) is 4.72 Å². The van der Waals surface area contributed by atoms with E-state index in [1.54, 1.807) is 11.9 Å². The van der Waals surface area contributed by atoms with Crippen LogP contribution in [0.5, 0.6) is 5.88 Å². The molecule has 1 aromatic heterocycles. The Morgan fingerprint density at radius 2 is 1.64 bits per heavy atom. The van der Waals surface area contributed by atoms with Crippen LogP contribution in [0.25, 0.3) is 11.3 Å². The van der Waals surface area contributed by atoms with Gasteiger partial charge in [0.1, 0.15) is 0 Å². The molecule has 2 N–H and O–H groups in total. The SMILES string of the molecule is Cc1cccc(C)c1-c1nc2nc(c1C)OCC(CC(C)(C)C)C(CCC1CC(C(C)(C)O)C1)c1cccc(c1)SN2. The first-order valence-electron chi connectivity index (χ1n) is 15.6. The molecule has 0 saturated heterocycles. The van der Waals surface area contributed by atoms with Crippen molar-refractivity contribution in [2.24, 2.45) is 23.2 Å². The molecule has 2 aliphatic rings. The van der Waals surface area contributed by atoms with E-state index in [0.717, 1.165) is 42.5 Å². The Labute approximate surface area is 257 Å².